The van der Waals surface area contributed by atoms with Gasteiger partial charge in [0.05, 0.1) is 17.4 Å². The van der Waals surface area contributed by atoms with Crippen LogP contribution in [0.4, 0.5) is 0 Å². The molecule has 190 valence electrons. The van der Waals surface area contributed by atoms with E-state index >= 15 is 0 Å². The van der Waals surface area contributed by atoms with Crippen LogP contribution in [0.5, 0.6) is 0 Å². The molecule has 4 aliphatic rings. The minimum Gasteiger partial charge on any atom is -0.394 e. The lowest BCUT2D eigenvalue weighted by molar-refractivity contribution is -0.208. The number of nitrogens with two attached hydrogens (primary N) is 2. The van der Waals surface area contributed by atoms with Crippen LogP contribution in [-0.4, -0.2) is 48.3 Å². The molecule has 0 amide bonds. The zero-order valence-electron chi connectivity index (χ0n) is 21.5. The van der Waals surface area contributed by atoms with Crippen molar-refractivity contribution >= 4 is 5.71 Å². The molecule has 0 bridgehead atoms. The Labute approximate surface area is 201 Å². The number of hydrogen-bond donors (Lipinski definition) is 3. The lowest BCUT2D eigenvalue weighted by Gasteiger charge is -2.63. The van der Waals surface area contributed by atoms with Crippen LogP contribution >= 0.6 is 0 Å². The predicted molar refractivity (Wildman–Crippen MR) is 133 cm³/mol. The highest BCUT2D eigenvalue weighted by Gasteiger charge is 2.67. The van der Waals surface area contributed by atoms with Crippen molar-refractivity contribution in [1.29, 1.82) is 0 Å². The Bertz CT molecular complexity index is 715. The van der Waals surface area contributed by atoms with Crippen LogP contribution in [0, 0.1) is 34.5 Å². The van der Waals surface area contributed by atoms with E-state index in [-0.39, 0.29) is 17.4 Å². The van der Waals surface area contributed by atoms with Crippen molar-refractivity contribution in [2.75, 3.05) is 19.8 Å². The first-order chi connectivity index (χ1) is 15.7. The summed E-state index contributed by atoms with van der Waals surface area (Å²) in [4.78, 5) is 5.53. The van der Waals surface area contributed by atoms with Gasteiger partial charge in [0.15, 0.2) is 0 Å². The summed E-state index contributed by atoms with van der Waals surface area (Å²) in [5, 5.41) is 16.8. The molecule has 1 unspecified atom stereocenters. The number of rotatable bonds is 8. The maximum absolute atomic E-state index is 12.3. The fourth-order valence-corrected chi connectivity index (χ4v) is 8.66. The minimum absolute atomic E-state index is 0.0230. The molecule has 0 radical (unpaired) electrons. The monoisotopic (exact) mass is 463 g/mol. The van der Waals surface area contributed by atoms with Gasteiger partial charge in [-0.15, -0.1) is 0 Å². The van der Waals surface area contributed by atoms with Crippen molar-refractivity contribution in [3.63, 3.8) is 0 Å². The summed E-state index contributed by atoms with van der Waals surface area (Å²) in [5.74, 6) is 2.02. The first kappa shape index (κ1) is 25.4. The molecule has 4 rings (SSSR count). The molecule has 33 heavy (non-hydrogen) atoms. The lowest BCUT2D eigenvalue weighted by atomic mass is 9.43. The van der Waals surface area contributed by atoms with Crippen LogP contribution in [0.3, 0.4) is 0 Å². The van der Waals surface area contributed by atoms with Gasteiger partial charge in [-0.2, -0.15) is 0 Å². The minimum atomic E-state index is -0.596. The number of fused-ring (bicyclic) bond motifs is 5. The second-order valence-corrected chi connectivity index (χ2v) is 12.4. The van der Waals surface area contributed by atoms with Crippen LogP contribution in [0.2, 0.25) is 0 Å². The van der Waals surface area contributed by atoms with Gasteiger partial charge in [-0.25, -0.2) is 0 Å². The molecule has 6 nitrogen and oxygen atoms in total. The first-order valence-electron chi connectivity index (χ1n) is 13.6. The number of aliphatic hydroxyl groups is 1. The van der Waals surface area contributed by atoms with Gasteiger partial charge in [0.25, 0.3) is 0 Å². The molecule has 0 spiro atoms. The third kappa shape index (κ3) is 4.39. The van der Waals surface area contributed by atoms with Gasteiger partial charge in [0, 0.05) is 24.0 Å². The Morgan fingerprint density at radius 3 is 2.61 bits per heavy atom. The molecule has 0 aromatic rings. The maximum Gasteiger partial charge on any atom is 0.131 e. The summed E-state index contributed by atoms with van der Waals surface area (Å²) in [5.41, 5.74) is 12.1. The fraction of sp³-hybridized carbons (Fsp3) is 0.963. The molecule has 0 aromatic carbocycles. The molecule has 0 aromatic heterocycles. The topological polar surface area (TPSA) is 103 Å². The van der Waals surface area contributed by atoms with Crippen molar-refractivity contribution in [1.82, 2.24) is 0 Å². The van der Waals surface area contributed by atoms with Crippen LogP contribution in [-0.2, 0) is 9.57 Å². The van der Waals surface area contributed by atoms with E-state index in [0.717, 1.165) is 56.8 Å². The number of nitrogens with zero attached hydrogens (tertiary/aromatic N) is 1. The Balaban J connectivity index is 1.48. The maximum atomic E-state index is 12.3. The van der Waals surface area contributed by atoms with Crippen LogP contribution in [0.25, 0.3) is 0 Å². The van der Waals surface area contributed by atoms with Crippen molar-refractivity contribution in [3.8, 4) is 0 Å². The number of hydrogen-bond acceptors (Lipinski definition) is 6. The quantitative estimate of drug-likeness (QED) is 0.284. The number of ether oxygens (including phenoxy) is 1. The summed E-state index contributed by atoms with van der Waals surface area (Å²) in [6.07, 6.45) is 11.5. The lowest BCUT2D eigenvalue weighted by Crippen LogP contribution is -2.62. The highest BCUT2D eigenvalue weighted by Crippen LogP contribution is 2.69. The first-order valence-corrected chi connectivity index (χ1v) is 13.6. The summed E-state index contributed by atoms with van der Waals surface area (Å²) < 4.78 is 6.18. The molecule has 4 aliphatic carbocycles. The standard InChI is InChI=1S/C27H49N3O3/c1-18(29)17-33-30-19(2)22-10-13-27(31)24-7-6-20-16-21(32-15-5-14-28)8-11-25(20,3)23(24)9-12-26(22,27)4/h18,20-24,31H,5-17,28-29H2,1-4H3/b30-19+/t18?,20-,21+,22-,23+,24-,25+,26-,27+/m1/s1. The van der Waals surface area contributed by atoms with Gasteiger partial charge in [0.2, 0.25) is 0 Å². The molecule has 0 heterocycles. The summed E-state index contributed by atoms with van der Waals surface area (Å²) in [6.45, 7) is 10.8. The van der Waals surface area contributed by atoms with Crippen LogP contribution in [0.1, 0.15) is 91.9 Å². The van der Waals surface area contributed by atoms with Gasteiger partial charge >= 0.3 is 0 Å². The highest BCUT2D eigenvalue weighted by atomic mass is 16.6. The van der Waals surface area contributed by atoms with Crippen molar-refractivity contribution < 1.29 is 14.7 Å². The van der Waals surface area contributed by atoms with Crippen molar-refractivity contribution in [2.24, 2.45) is 51.1 Å². The largest absolute Gasteiger partial charge is 0.394 e. The SMILES string of the molecule is C/C(=N\OCC(C)N)[C@H]1CC[C@]2(O)[C@@H]3CC[C@@H]4C[C@@H](OCCCN)CC[C@]4(C)[C@H]3CC[C@]12C. The van der Waals surface area contributed by atoms with Gasteiger partial charge in [0.1, 0.15) is 6.61 Å². The average molecular weight is 464 g/mol. The molecule has 4 saturated carbocycles. The third-order valence-electron chi connectivity index (χ3n) is 10.6. The van der Waals surface area contributed by atoms with E-state index in [4.69, 9.17) is 21.0 Å². The Morgan fingerprint density at radius 1 is 1.09 bits per heavy atom. The van der Waals surface area contributed by atoms with Crippen LogP contribution in [0.15, 0.2) is 5.16 Å². The molecule has 5 N–H and O–H groups in total. The molecule has 0 saturated heterocycles. The highest BCUT2D eigenvalue weighted by molar-refractivity contribution is 5.85. The summed E-state index contributed by atoms with van der Waals surface area (Å²) in [7, 11) is 0. The van der Waals surface area contributed by atoms with E-state index in [9.17, 15) is 5.11 Å². The number of oxime groups is 1. The van der Waals surface area contributed by atoms with Gasteiger partial charge in [-0.1, -0.05) is 19.0 Å². The molecule has 4 fully saturated rings. The summed E-state index contributed by atoms with van der Waals surface area (Å²) in [6, 6.07) is -0.0230. The zero-order chi connectivity index (χ0) is 23.9. The van der Waals surface area contributed by atoms with Crippen LogP contribution < -0.4 is 11.5 Å². The van der Waals surface area contributed by atoms with E-state index in [1.165, 1.54) is 25.7 Å². The van der Waals surface area contributed by atoms with E-state index in [1.807, 2.05) is 6.92 Å². The van der Waals surface area contributed by atoms with E-state index in [0.29, 0.717) is 36.5 Å². The normalized spacial score (nSPS) is 46.3. The smallest absolute Gasteiger partial charge is 0.131 e. The zero-order valence-corrected chi connectivity index (χ0v) is 21.5. The second kappa shape index (κ2) is 9.75. The van der Waals surface area contributed by atoms with Crippen molar-refractivity contribution in [3.05, 3.63) is 0 Å². The second-order valence-electron chi connectivity index (χ2n) is 12.4. The molecular formula is C27H49N3O3. The molecule has 9 atom stereocenters. The van der Waals surface area contributed by atoms with E-state index in [2.05, 4.69) is 25.9 Å². The molecular weight excluding hydrogens is 414 g/mol. The fourth-order valence-electron chi connectivity index (χ4n) is 8.66. The Hall–Kier alpha value is -0.690. The predicted octanol–water partition coefficient (Wildman–Crippen LogP) is 4.23. The van der Waals surface area contributed by atoms with Gasteiger partial charge in [-0.05, 0) is 108 Å². The molecule has 0 aliphatic heterocycles. The van der Waals surface area contributed by atoms with Crippen molar-refractivity contribution in [2.45, 2.75) is 110 Å². The Morgan fingerprint density at radius 2 is 1.88 bits per heavy atom. The summed E-state index contributed by atoms with van der Waals surface area (Å²) >= 11 is 0. The average Bonchev–Trinajstić information content (AvgIpc) is 3.05. The third-order valence-corrected chi connectivity index (χ3v) is 10.6. The van der Waals surface area contributed by atoms with Gasteiger partial charge < -0.3 is 26.1 Å². The molecule has 6 heteroatoms. The van der Waals surface area contributed by atoms with Gasteiger partial charge in [-0.3, -0.25) is 0 Å². The van der Waals surface area contributed by atoms with E-state index in [1.54, 1.807) is 0 Å². The Kier molecular flexibility index (Phi) is 7.51. The van der Waals surface area contributed by atoms with E-state index < -0.39 is 5.60 Å².